The van der Waals surface area contributed by atoms with E-state index in [1.54, 1.807) is 17.8 Å². The molecule has 0 unspecified atom stereocenters. The molecule has 0 saturated heterocycles. The first-order valence-corrected chi connectivity index (χ1v) is 9.71. The number of rotatable bonds is 2. The largest absolute Gasteiger partial charge is 0.433 e. The molecule has 0 radical (unpaired) electrons. The average molecular weight is 438 g/mol. The monoisotopic (exact) mass is 437 g/mol. The lowest BCUT2D eigenvalue weighted by Gasteiger charge is -2.06. The summed E-state index contributed by atoms with van der Waals surface area (Å²) in [7, 11) is 0. The molecule has 0 amide bonds. The third kappa shape index (κ3) is 2.76. The van der Waals surface area contributed by atoms with Crippen molar-refractivity contribution in [3.8, 4) is 11.5 Å². The van der Waals surface area contributed by atoms with E-state index in [0.717, 1.165) is 17.4 Å². The van der Waals surface area contributed by atoms with E-state index in [2.05, 4.69) is 25.1 Å². The number of halogens is 4. The number of pyridine rings is 1. The minimum absolute atomic E-state index is 0.255. The first-order valence-electron chi connectivity index (χ1n) is 8.52. The van der Waals surface area contributed by atoms with E-state index in [1.165, 1.54) is 10.8 Å². The maximum atomic E-state index is 13.1. The number of hydrogen-bond donors (Lipinski definition) is 0. The van der Waals surface area contributed by atoms with Gasteiger partial charge in [0, 0.05) is 18.1 Å². The molecular formula is C17H11ClF3N7S. The van der Waals surface area contributed by atoms with Gasteiger partial charge < -0.3 is 0 Å². The van der Waals surface area contributed by atoms with Gasteiger partial charge in [0.1, 0.15) is 21.6 Å². The highest BCUT2D eigenvalue weighted by atomic mass is 35.5. The quantitative estimate of drug-likeness (QED) is 0.398. The lowest BCUT2D eigenvalue weighted by atomic mass is 10.1. The van der Waals surface area contributed by atoms with Crippen LogP contribution in [0.1, 0.15) is 18.2 Å². The number of alkyl halides is 3. The van der Waals surface area contributed by atoms with E-state index in [0.29, 0.717) is 49.9 Å². The zero-order chi connectivity index (χ0) is 20.5. The smallest absolute Gasteiger partial charge is 0.271 e. The van der Waals surface area contributed by atoms with Crippen LogP contribution in [0.5, 0.6) is 0 Å². The summed E-state index contributed by atoms with van der Waals surface area (Å²) in [6.45, 7) is 4.19. The Hall–Kier alpha value is -2.79. The summed E-state index contributed by atoms with van der Waals surface area (Å²) in [5.41, 5.74) is 0.961. The van der Waals surface area contributed by atoms with Gasteiger partial charge in [-0.1, -0.05) is 11.6 Å². The van der Waals surface area contributed by atoms with Gasteiger partial charge in [-0.05, 0) is 25.5 Å². The number of nitrogens with zero attached hydrogens (tertiary/aromatic N) is 7. The molecule has 0 atom stereocenters. The minimum atomic E-state index is -4.52. The maximum absolute atomic E-state index is 13.1. The molecule has 5 heterocycles. The van der Waals surface area contributed by atoms with Crippen molar-refractivity contribution in [3.63, 3.8) is 0 Å². The molecule has 12 heteroatoms. The molecule has 7 nitrogen and oxygen atoms in total. The number of aromatic nitrogens is 7. The van der Waals surface area contributed by atoms with Crippen LogP contribution in [-0.4, -0.2) is 34.3 Å². The van der Waals surface area contributed by atoms with Crippen LogP contribution in [0.3, 0.4) is 0 Å². The fraction of sp³-hybridized carbons (Fsp3) is 0.235. The van der Waals surface area contributed by atoms with Crippen LogP contribution in [-0.2, 0) is 12.7 Å². The topological polar surface area (TPSA) is 73.8 Å². The Morgan fingerprint density at radius 3 is 2.69 bits per heavy atom. The number of hydrogen-bond acceptors (Lipinski definition) is 6. The lowest BCUT2D eigenvalue weighted by molar-refractivity contribution is -0.141. The summed E-state index contributed by atoms with van der Waals surface area (Å²) < 4.78 is 43.2. The Kier molecular flexibility index (Phi) is 3.84. The van der Waals surface area contributed by atoms with E-state index in [4.69, 9.17) is 11.6 Å². The van der Waals surface area contributed by atoms with Gasteiger partial charge in [0.25, 0.3) is 0 Å². The minimum Gasteiger partial charge on any atom is -0.271 e. The third-order valence-corrected chi connectivity index (χ3v) is 5.85. The summed E-state index contributed by atoms with van der Waals surface area (Å²) in [6.07, 6.45) is -1.36. The van der Waals surface area contributed by atoms with Gasteiger partial charge in [0.05, 0.1) is 10.5 Å². The predicted octanol–water partition coefficient (Wildman–Crippen LogP) is 4.75. The van der Waals surface area contributed by atoms with Crippen LogP contribution in [0.15, 0.2) is 18.6 Å². The van der Waals surface area contributed by atoms with Crippen molar-refractivity contribution in [1.29, 1.82) is 0 Å². The summed E-state index contributed by atoms with van der Waals surface area (Å²) in [4.78, 5) is 13.0. The average Bonchev–Trinajstić information content (AvgIpc) is 3.33. The molecular weight excluding hydrogens is 427 g/mol. The van der Waals surface area contributed by atoms with Gasteiger partial charge in [-0.15, -0.1) is 16.4 Å². The van der Waals surface area contributed by atoms with Gasteiger partial charge in [-0.3, -0.25) is 4.68 Å². The van der Waals surface area contributed by atoms with Crippen molar-refractivity contribution < 1.29 is 13.2 Å². The predicted molar refractivity (Wildman–Crippen MR) is 103 cm³/mol. The second-order valence-electron chi connectivity index (χ2n) is 6.41. The van der Waals surface area contributed by atoms with E-state index >= 15 is 0 Å². The molecule has 5 aromatic heterocycles. The number of thiophene rings is 1. The Morgan fingerprint density at radius 2 is 2.00 bits per heavy atom. The van der Waals surface area contributed by atoms with E-state index in [9.17, 15) is 13.2 Å². The molecule has 29 heavy (non-hydrogen) atoms. The Labute approximate surface area is 169 Å². The van der Waals surface area contributed by atoms with Gasteiger partial charge in [-0.25, -0.2) is 19.5 Å². The second kappa shape index (κ2) is 6.10. The lowest BCUT2D eigenvalue weighted by Crippen LogP contribution is -2.07. The van der Waals surface area contributed by atoms with Crippen LogP contribution in [0.25, 0.3) is 37.6 Å². The normalized spacial score (nSPS) is 12.6. The molecule has 0 N–H and O–H groups in total. The molecule has 5 aromatic rings. The molecule has 148 valence electrons. The third-order valence-electron chi connectivity index (χ3n) is 4.51. The van der Waals surface area contributed by atoms with E-state index < -0.39 is 11.9 Å². The van der Waals surface area contributed by atoms with Crippen molar-refractivity contribution >= 4 is 49.0 Å². The summed E-state index contributed by atoms with van der Waals surface area (Å²) >= 11 is 7.35. The van der Waals surface area contributed by atoms with Crippen molar-refractivity contribution in [2.24, 2.45) is 0 Å². The molecule has 0 aliphatic rings. The standard InChI is InChI=1S/C17H11ClF3N7S/c1-3-27-5-8(18)11(25-27)14-24-15-13-12(22-6-28(15)26-14)10-7(2)4-9(17(19,20)21)23-16(10)29-13/h4-6H,3H2,1-2H3. The molecule has 0 aromatic carbocycles. The van der Waals surface area contributed by atoms with Crippen LogP contribution in [0.2, 0.25) is 5.02 Å². The molecule has 0 saturated carbocycles. The van der Waals surface area contributed by atoms with Crippen molar-refractivity contribution in [2.75, 3.05) is 0 Å². The van der Waals surface area contributed by atoms with Gasteiger partial charge in [0.15, 0.2) is 11.3 Å². The van der Waals surface area contributed by atoms with E-state index in [1.807, 2.05) is 6.92 Å². The van der Waals surface area contributed by atoms with Crippen LogP contribution in [0.4, 0.5) is 13.2 Å². The highest BCUT2D eigenvalue weighted by molar-refractivity contribution is 7.26. The summed E-state index contributed by atoms with van der Waals surface area (Å²) in [5, 5.41) is 9.74. The molecule has 0 spiro atoms. The Morgan fingerprint density at radius 1 is 1.21 bits per heavy atom. The van der Waals surface area contributed by atoms with Gasteiger partial charge in [0.2, 0.25) is 5.82 Å². The highest BCUT2D eigenvalue weighted by Crippen LogP contribution is 2.38. The first-order chi connectivity index (χ1) is 13.8. The molecule has 5 rings (SSSR count). The van der Waals surface area contributed by atoms with Crippen molar-refractivity contribution in [3.05, 3.63) is 34.9 Å². The fourth-order valence-electron chi connectivity index (χ4n) is 3.17. The number of fused-ring (bicyclic) bond motifs is 5. The highest BCUT2D eigenvalue weighted by Gasteiger charge is 2.33. The molecule has 0 aliphatic carbocycles. The maximum Gasteiger partial charge on any atom is 0.433 e. The zero-order valence-corrected chi connectivity index (χ0v) is 16.6. The molecule has 0 aliphatic heterocycles. The Bertz CT molecular complexity index is 1420. The molecule has 0 fully saturated rings. The fourth-order valence-corrected chi connectivity index (χ4v) is 4.58. The second-order valence-corrected chi connectivity index (χ2v) is 7.82. The van der Waals surface area contributed by atoms with Crippen LogP contribution < -0.4 is 0 Å². The Balaban J connectivity index is 1.78. The van der Waals surface area contributed by atoms with E-state index in [-0.39, 0.29) is 4.83 Å². The summed E-state index contributed by atoms with van der Waals surface area (Å²) in [6, 6.07) is 1.03. The van der Waals surface area contributed by atoms with Gasteiger partial charge >= 0.3 is 6.18 Å². The van der Waals surface area contributed by atoms with Crippen LogP contribution in [0, 0.1) is 6.92 Å². The van der Waals surface area contributed by atoms with Crippen molar-refractivity contribution in [1.82, 2.24) is 34.3 Å². The van der Waals surface area contributed by atoms with Crippen LogP contribution >= 0.6 is 22.9 Å². The number of aryl methyl sites for hydroxylation is 2. The summed E-state index contributed by atoms with van der Waals surface area (Å²) in [5.74, 6) is 0.314. The van der Waals surface area contributed by atoms with Gasteiger partial charge in [-0.2, -0.15) is 18.3 Å². The zero-order valence-electron chi connectivity index (χ0n) is 15.0. The SMILES string of the molecule is CCn1cc(Cl)c(-c2nc3c4sc5nc(C(F)(F)F)cc(C)c5c4ncn3n2)n1. The van der Waals surface area contributed by atoms with Crippen molar-refractivity contribution in [2.45, 2.75) is 26.6 Å². The first kappa shape index (κ1) is 18.3. The molecule has 0 bridgehead atoms.